The number of hydrogen-bond donors (Lipinski definition) is 1. The number of nitrogens with one attached hydrogen (secondary N) is 1. The number of benzene rings is 2. The molecular weight excluding hydrogens is 314 g/mol. The molecule has 0 atom stereocenters. The predicted octanol–water partition coefficient (Wildman–Crippen LogP) is 5.01. The molecule has 2 aromatic carbocycles. The van der Waals surface area contributed by atoms with Gasteiger partial charge in [-0.3, -0.25) is 0 Å². The first kappa shape index (κ1) is 14.8. The van der Waals surface area contributed by atoms with Gasteiger partial charge in [0.2, 0.25) is 0 Å². The first-order valence-corrected chi connectivity index (χ1v) is 8.84. The van der Waals surface area contributed by atoms with Crippen LogP contribution in [0.2, 0.25) is 0 Å². The van der Waals surface area contributed by atoms with E-state index in [2.05, 4.69) is 63.8 Å². The largest absolute Gasteiger partial charge is 0.370 e. The van der Waals surface area contributed by atoms with Crippen molar-refractivity contribution in [2.75, 3.05) is 11.9 Å². The highest BCUT2D eigenvalue weighted by atomic mass is 32.1. The number of nitrogens with zero attached hydrogens (tertiary/aromatic N) is 2. The van der Waals surface area contributed by atoms with Gasteiger partial charge in [0.25, 0.3) is 0 Å². The zero-order valence-corrected chi connectivity index (χ0v) is 14.0. The van der Waals surface area contributed by atoms with Crippen LogP contribution in [0.15, 0.2) is 72.4 Å². The second-order valence-electron chi connectivity index (χ2n) is 5.63. The summed E-state index contributed by atoms with van der Waals surface area (Å²) in [7, 11) is 0. The molecule has 0 radical (unpaired) electrons. The Balaban J connectivity index is 1.42. The molecule has 0 aliphatic heterocycles. The summed E-state index contributed by atoms with van der Waals surface area (Å²) in [5, 5.41) is 3.38. The SMILES string of the molecule is c1ccc(CCNc2ccc(-c3ccc4scnc4c3)cn2)cc1. The molecular formula is C20H17N3S. The van der Waals surface area contributed by atoms with Gasteiger partial charge in [0.15, 0.2) is 0 Å². The van der Waals surface area contributed by atoms with Crippen LogP contribution in [0.5, 0.6) is 0 Å². The lowest BCUT2D eigenvalue weighted by atomic mass is 10.1. The van der Waals surface area contributed by atoms with Gasteiger partial charge in [-0.2, -0.15) is 0 Å². The van der Waals surface area contributed by atoms with Crippen LogP contribution in [-0.2, 0) is 6.42 Å². The van der Waals surface area contributed by atoms with Gasteiger partial charge in [-0.05, 0) is 41.8 Å². The van der Waals surface area contributed by atoms with E-state index in [0.717, 1.165) is 35.4 Å². The Morgan fingerprint density at radius 1 is 0.875 bits per heavy atom. The van der Waals surface area contributed by atoms with E-state index in [1.165, 1.54) is 10.3 Å². The van der Waals surface area contributed by atoms with Gasteiger partial charge >= 0.3 is 0 Å². The van der Waals surface area contributed by atoms with E-state index in [1.54, 1.807) is 11.3 Å². The summed E-state index contributed by atoms with van der Waals surface area (Å²) in [5.41, 5.74) is 6.52. The molecule has 118 valence electrons. The van der Waals surface area contributed by atoms with Crippen LogP contribution >= 0.6 is 11.3 Å². The fraction of sp³-hybridized carbons (Fsp3) is 0.100. The first-order valence-electron chi connectivity index (χ1n) is 7.96. The van der Waals surface area contributed by atoms with Crippen molar-refractivity contribution in [3.8, 4) is 11.1 Å². The maximum Gasteiger partial charge on any atom is 0.125 e. The number of pyridine rings is 1. The number of aromatic nitrogens is 2. The normalized spacial score (nSPS) is 10.8. The fourth-order valence-electron chi connectivity index (χ4n) is 2.69. The lowest BCUT2D eigenvalue weighted by Gasteiger charge is -2.07. The third-order valence-corrected chi connectivity index (χ3v) is 4.80. The molecule has 0 aliphatic carbocycles. The highest BCUT2D eigenvalue weighted by molar-refractivity contribution is 7.16. The molecule has 4 rings (SSSR count). The highest BCUT2D eigenvalue weighted by Crippen LogP contribution is 2.25. The van der Waals surface area contributed by atoms with Crippen molar-refractivity contribution in [3.05, 3.63) is 77.9 Å². The smallest absolute Gasteiger partial charge is 0.125 e. The average Bonchev–Trinajstić information content (AvgIpc) is 3.11. The van der Waals surface area contributed by atoms with Crippen LogP contribution < -0.4 is 5.32 Å². The predicted molar refractivity (Wildman–Crippen MR) is 101 cm³/mol. The lowest BCUT2D eigenvalue weighted by Crippen LogP contribution is -2.05. The first-order chi connectivity index (χ1) is 11.9. The van der Waals surface area contributed by atoms with E-state index in [4.69, 9.17) is 0 Å². The van der Waals surface area contributed by atoms with Gasteiger partial charge in [0.1, 0.15) is 5.82 Å². The van der Waals surface area contributed by atoms with Crippen LogP contribution in [-0.4, -0.2) is 16.5 Å². The topological polar surface area (TPSA) is 37.8 Å². The summed E-state index contributed by atoms with van der Waals surface area (Å²) in [4.78, 5) is 8.90. The molecule has 0 saturated carbocycles. The van der Waals surface area contributed by atoms with Crippen LogP contribution in [0.25, 0.3) is 21.3 Å². The van der Waals surface area contributed by atoms with Crippen molar-refractivity contribution in [1.82, 2.24) is 9.97 Å². The fourth-order valence-corrected chi connectivity index (χ4v) is 3.34. The second kappa shape index (κ2) is 6.81. The van der Waals surface area contributed by atoms with Gasteiger partial charge in [0.05, 0.1) is 15.7 Å². The van der Waals surface area contributed by atoms with E-state index >= 15 is 0 Å². The van der Waals surface area contributed by atoms with Gasteiger partial charge in [0, 0.05) is 18.3 Å². The minimum atomic E-state index is 0.876. The third kappa shape index (κ3) is 3.29. The second-order valence-corrected chi connectivity index (χ2v) is 6.52. The van der Waals surface area contributed by atoms with Crippen LogP contribution in [0, 0.1) is 0 Å². The summed E-state index contributed by atoms with van der Waals surface area (Å²) >= 11 is 1.66. The Morgan fingerprint density at radius 3 is 2.58 bits per heavy atom. The summed E-state index contributed by atoms with van der Waals surface area (Å²) in [6, 6.07) is 21.0. The molecule has 2 heterocycles. The van der Waals surface area contributed by atoms with Crippen molar-refractivity contribution in [3.63, 3.8) is 0 Å². The molecule has 4 heteroatoms. The molecule has 0 amide bonds. The maximum absolute atomic E-state index is 4.53. The molecule has 0 bridgehead atoms. The van der Waals surface area contributed by atoms with Crippen LogP contribution in [0.3, 0.4) is 0 Å². The highest BCUT2D eigenvalue weighted by Gasteiger charge is 2.03. The third-order valence-electron chi connectivity index (χ3n) is 3.99. The van der Waals surface area contributed by atoms with Crippen molar-refractivity contribution < 1.29 is 0 Å². The molecule has 0 aliphatic rings. The Kier molecular flexibility index (Phi) is 4.21. The summed E-state index contributed by atoms with van der Waals surface area (Å²) in [6.07, 6.45) is 2.91. The van der Waals surface area contributed by atoms with E-state index in [0.29, 0.717) is 0 Å². The molecule has 4 aromatic rings. The van der Waals surface area contributed by atoms with Gasteiger partial charge < -0.3 is 5.32 Å². The quantitative estimate of drug-likeness (QED) is 0.558. The van der Waals surface area contributed by atoms with Crippen molar-refractivity contribution in [2.24, 2.45) is 0 Å². The van der Waals surface area contributed by atoms with Gasteiger partial charge in [-0.15, -0.1) is 11.3 Å². The minimum absolute atomic E-state index is 0.876. The Morgan fingerprint density at radius 2 is 1.75 bits per heavy atom. The zero-order chi connectivity index (χ0) is 16.2. The van der Waals surface area contributed by atoms with Crippen molar-refractivity contribution in [2.45, 2.75) is 6.42 Å². The molecule has 24 heavy (non-hydrogen) atoms. The number of anilines is 1. The monoisotopic (exact) mass is 331 g/mol. The maximum atomic E-state index is 4.53. The minimum Gasteiger partial charge on any atom is -0.370 e. The average molecular weight is 331 g/mol. The molecule has 3 nitrogen and oxygen atoms in total. The molecule has 0 fully saturated rings. The Bertz CT molecular complexity index is 930. The Labute approximate surface area is 145 Å². The van der Waals surface area contributed by atoms with Crippen molar-refractivity contribution in [1.29, 1.82) is 0 Å². The van der Waals surface area contributed by atoms with E-state index in [1.807, 2.05) is 23.8 Å². The molecule has 0 unspecified atom stereocenters. The molecule has 1 N–H and O–H groups in total. The van der Waals surface area contributed by atoms with E-state index in [-0.39, 0.29) is 0 Å². The van der Waals surface area contributed by atoms with E-state index < -0.39 is 0 Å². The van der Waals surface area contributed by atoms with Gasteiger partial charge in [-0.1, -0.05) is 36.4 Å². The standard InChI is InChI=1S/C20H17N3S/c1-2-4-15(5-3-1)10-11-21-20-9-7-17(13-22-20)16-6-8-19-18(12-16)23-14-24-19/h1-9,12-14H,10-11H2,(H,21,22). The number of rotatable bonds is 5. The molecule has 0 saturated heterocycles. The molecule has 2 aromatic heterocycles. The van der Waals surface area contributed by atoms with Crippen LogP contribution in [0.1, 0.15) is 5.56 Å². The molecule has 0 spiro atoms. The summed E-state index contributed by atoms with van der Waals surface area (Å²) < 4.78 is 1.21. The number of hydrogen-bond acceptors (Lipinski definition) is 4. The lowest BCUT2D eigenvalue weighted by molar-refractivity contribution is 1.01. The number of fused-ring (bicyclic) bond motifs is 1. The summed E-state index contributed by atoms with van der Waals surface area (Å²) in [5.74, 6) is 0.907. The van der Waals surface area contributed by atoms with E-state index in [9.17, 15) is 0 Å². The van der Waals surface area contributed by atoms with Gasteiger partial charge in [-0.25, -0.2) is 9.97 Å². The van der Waals surface area contributed by atoms with Crippen LogP contribution in [0.4, 0.5) is 5.82 Å². The zero-order valence-electron chi connectivity index (χ0n) is 13.1. The Hall–Kier alpha value is -2.72. The van der Waals surface area contributed by atoms with Crippen molar-refractivity contribution >= 4 is 27.4 Å². The number of thiazole rings is 1. The summed E-state index contributed by atoms with van der Waals surface area (Å²) in [6.45, 7) is 0.876.